The molecule has 1 amide bonds. The molecule has 2 unspecified atom stereocenters. The third-order valence-corrected chi connectivity index (χ3v) is 7.27. The predicted molar refractivity (Wildman–Crippen MR) is 108 cm³/mol. The molecule has 0 aliphatic heterocycles. The molecule has 0 radical (unpaired) electrons. The van der Waals surface area contributed by atoms with Crippen molar-refractivity contribution in [1.82, 2.24) is 4.31 Å². The van der Waals surface area contributed by atoms with Gasteiger partial charge in [-0.1, -0.05) is 45.2 Å². The molecule has 0 aromatic heterocycles. The van der Waals surface area contributed by atoms with Crippen LogP contribution in [0.5, 0.6) is 0 Å². The second-order valence-corrected chi connectivity index (χ2v) is 9.33. The topological polar surface area (TPSA) is 75.7 Å². The normalized spacial score (nSPS) is 20.6. The molecule has 1 N–H and O–H groups in total. The molecule has 0 spiro atoms. The van der Waals surface area contributed by atoms with Gasteiger partial charge in [-0.3, -0.25) is 4.79 Å². The Labute approximate surface area is 167 Å². The summed E-state index contributed by atoms with van der Waals surface area (Å²) >= 11 is 6.14. The Morgan fingerprint density at radius 3 is 2.63 bits per heavy atom. The van der Waals surface area contributed by atoms with E-state index in [1.54, 1.807) is 13.8 Å². The van der Waals surface area contributed by atoms with E-state index in [0.29, 0.717) is 19.0 Å². The van der Waals surface area contributed by atoms with E-state index in [1.807, 2.05) is 0 Å². The SMILES string of the molecule is CCN(CC)S(=O)(=O)c1ccc(Cl)c(NC(=O)COC2CCCC(C)C2)c1. The number of hydrogen-bond acceptors (Lipinski definition) is 4. The van der Waals surface area contributed by atoms with E-state index in [2.05, 4.69) is 12.2 Å². The Kier molecular flexibility index (Phi) is 8.09. The lowest BCUT2D eigenvalue weighted by Crippen LogP contribution is -2.30. The first-order chi connectivity index (χ1) is 12.8. The minimum absolute atomic E-state index is 0.0687. The standard InChI is InChI=1S/C19H29ClN2O4S/c1-4-22(5-2)27(24,25)16-9-10-17(20)18(12-16)21-19(23)13-26-15-8-6-7-14(3)11-15/h9-10,12,14-15H,4-8,11,13H2,1-3H3,(H,21,23). The van der Waals surface area contributed by atoms with Crippen molar-refractivity contribution in [2.75, 3.05) is 25.0 Å². The zero-order valence-electron chi connectivity index (χ0n) is 16.2. The van der Waals surface area contributed by atoms with E-state index in [4.69, 9.17) is 16.3 Å². The summed E-state index contributed by atoms with van der Waals surface area (Å²) in [7, 11) is -3.62. The van der Waals surface area contributed by atoms with Gasteiger partial charge >= 0.3 is 0 Å². The third kappa shape index (κ3) is 5.91. The van der Waals surface area contributed by atoms with E-state index in [9.17, 15) is 13.2 Å². The lowest BCUT2D eigenvalue weighted by Gasteiger charge is -2.26. The molecule has 8 heteroatoms. The van der Waals surface area contributed by atoms with Gasteiger partial charge in [0.15, 0.2) is 0 Å². The third-order valence-electron chi connectivity index (χ3n) is 4.89. The maximum atomic E-state index is 12.7. The second kappa shape index (κ2) is 9.87. The molecule has 0 bridgehead atoms. The van der Waals surface area contributed by atoms with Crippen molar-refractivity contribution in [1.29, 1.82) is 0 Å². The van der Waals surface area contributed by atoms with Crippen LogP contribution in [0.15, 0.2) is 23.1 Å². The monoisotopic (exact) mass is 416 g/mol. The number of rotatable bonds is 8. The van der Waals surface area contributed by atoms with E-state index in [1.165, 1.54) is 28.9 Å². The first kappa shape index (κ1) is 22.1. The first-order valence-corrected chi connectivity index (χ1v) is 11.3. The van der Waals surface area contributed by atoms with Crippen LogP contribution in [0.4, 0.5) is 5.69 Å². The average molecular weight is 417 g/mol. The molecule has 1 aromatic rings. The van der Waals surface area contributed by atoms with Crippen LogP contribution in [0.2, 0.25) is 5.02 Å². The molecule has 1 aliphatic carbocycles. The van der Waals surface area contributed by atoms with E-state index in [0.717, 1.165) is 19.3 Å². The smallest absolute Gasteiger partial charge is 0.250 e. The molecule has 2 atom stereocenters. The number of carbonyl (C=O) groups is 1. The van der Waals surface area contributed by atoms with Crippen molar-refractivity contribution in [3.8, 4) is 0 Å². The van der Waals surface area contributed by atoms with Crippen molar-refractivity contribution in [2.24, 2.45) is 5.92 Å². The number of carbonyl (C=O) groups excluding carboxylic acids is 1. The van der Waals surface area contributed by atoms with Crippen LogP contribution in [0, 0.1) is 5.92 Å². The van der Waals surface area contributed by atoms with Crippen LogP contribution in [0.1, 0.15) is 46.5 Å². The first-order valence-electron chi connectivity index (χ1n) is 9.49. The predicted octanol–water partition coefficient (Wildman–Crippen LogP) is 3.90. The summed E-state index contributed by atoms with van der Waals surface area (Å²) in [6, 6.07) is 4.33. The molecule has 0 heterocycles. The quantitative estimate of drug-likeness (QED) is 0.697. The Bertz CT molecular complexity index is 750. The highest BCUT2D eigenvalue weighted by molar-refractivity contribution is 7.89. The van der Waals surface area contributed by atoms with E-state index in [-0.39, 0.29) is 34.2 Å². The van der Waals surface area contributed by atoms with Crippen LogP contribution < -0.4 is 5.32 Å². The number of sulfonamides is 1. The Morgan fingerprint density at radius 2 is 2.00 bits per heavy atom. The van der Waals surface area contributed by atoms with Gasteiger partial charge < -0.3 is 10.1 Å². The highest BCUT2D eigenvalue weighted by Crippen LogP contribution is 2.28. The fourth-order valence-corrected chi connectivity index (χ4v) is 5.03. The Balaban J connectivity index is 2.04. The van der Waals surface area contributed by atoms with Gasteiger partial charge in [0.1, 0.15) is 6.61 Å². The van der Waals surface area contributed by atoms with Gasteiger partial charge in [0.05, 0.1) is 21.7 Å². The Hall–Kier alpha value is -1.15. The van der Waals surface area contributed by atoms with E-state index >= 15 is 0 Å². The van der Waals surface area contributed by atoms with Crippen molar-refractivity contribution in [3.63, 3.8) is 0 Å². The van der Waals surface area contributed by atoms with Gasteiger partial charge in [-0.05, 0) is 37.0 Å². The molecule has 1 fully saturated rings. The number of benzene rings is 1. The summed E-state index contributed by atoms with van der Waals surface area (Å²) in [6.07, 6.45) is 4.35. The van der Waals surface area contributed by atoms with Gasteiger partial charge in [-0.2, -0.15) is 4.31 Å². The molecular formula is C19H29ClN2O4S. The van der Waals surface area contributed by atoms with Gasteiger partial charge in [0, 0.05) is 13.1 Å². The molecule has 6 nitrogen and oxygen atoms in total. The number of halogens is 1. The molecule has 1 aromatic carbocycles. The fourth-order valence-electron chi connectivity index (χ4n) is 3.38. The molecule has 2 rings (SSSR count). The van der Waals surface area contributed by atoms with E-state index < -0.39 is 10.0 Å². The molecule has 152 valence electrons. The van der Waals surface area contributed by atoms with Crippen molar-refractivity contribution >= 4 is 33.2 Å². The van der Waals surface area contributed by atoms with Crippen LogP contribution in [-0.2, 0) is 19.6 Å². The van der Waals surface area contributed by atoms with Crippen LogP contribution >= 0.6 is 11.6 Å². The zero-order chi connectivity index (χ0) is 20.0. The van der Waals surface area contributed by atoms with Gasteiger partial charge in [0.25, 0.3) is 0 Å². The number of ether oxygens (including phenoxy) is 1. The van der Waals surface area contributed by atoms with Crippen molar-refractivity contribution < 1.29 is 17.9 Å². The molecule has 1 saturated carbocycles. The summed E-state index contributed by atoms with van der Waals surface area (Å²) < 4.78 is 32.4. The number of nitrogens with one attached hydrogen (secondary N) is 1. The number of hydrogen-bond donors (Lipinski definition) is 1. The number of nitrogens with zero attached hydrogens (tertiary/aromatic N) is 1. The highest BCUT2D eigenvalue weighted by atomic mass is 35.5. The van der Waals surface area contributed by atoms with Crippen molar-refractivity contribution in [3.05, 3.63) is 23.2 Å². The molecule has 27 heavy (non-hydrogen) atoms. The van der Waals surface area contributed by atoms with Gasteiger partial charge in [-0.15, -0.1) is 0 Å². The minimum Gasteiger partial charge on any atom is -0.368 e. The lowest BCUT2D eigenvalue weighted by molar-refractivity contribution is -0.123. The summed E-state index contributed by atoms with van der Waals surface area (Å²) in [6.45, 7) is 6.43. The van der Waals surface area contributed by atoms with Crippen LogP contribution in [-0.4, -0.2) is 44.4 Å². The largest absolute Gasteiger partial charge is 0.368 e. The summed E-state index contributed by atoms with van der Waals surface area (Å²) in [4.78, 5) is 12.3. The second-order valence-electron chi connectivity index (χ2n) is 6.98. The summed E-state index contributed by atoms with van der Waals surface area (Å²) in [5.74, 6) is 0.274. The number of anilines is 1. The lowest BCUT2D eigenvalue weighted by atomic mass is 9.89. The summed E-state index contributed by atoms with van der Waals surface area (Å²) in [5.41, 5.74) is 0.274. The maximum absolute atomic E-state index is 12.7. The average Bonchev–Trinajstić information content (AvgIpc) is 2.62. The molecule has 0 saturated heterocycles. The fraction of sp³-hybridized carbons (Fsp3) is 0.632. The van der Waals surface area contributed by atoms with Gasteiger partial charge in [0.2, 0.25) is 15.9 Å². The zero-order valence-corrected chi connectivity index (χ0v) is 17.8. The maximum Gasteiger partial charge on any atom is 0.250 e. The molecule has 1 aliphatic rings. The van der Waals surface area contributed by atoms with Crippen LogP contribution in [0.3, 0.4) is 0 Å². The van der Waals surface area contributed by atoms with Gasteiger partial charge in [-0.25, -0.2) is 8.42 Å². The minimum atomic E-state index is -3.62. The number of amides is 1. The highest BCUT2D eigenvalue weighted by Gasteiger charge is 2.23. The summed E-state index contributed by atoms with van der Waals surface area (Å²) in [5, 5.41) is 2.95. The Morgan fingerprint density at radius 1 is 1.30 bits per heavy atom. The molecular weight excluding hydrogens is 388 g/mol. The van der Waals surface area contributed by atoms with Crippen LogP contribution in [0.25, 0.3) is 0 Å². The van der Waals surface area contributed by atoms with Crippen molar-refractivity contribution in [2.45, 2.75) is 57.5 Å².